The van der Waals surface area contributed by atoms with Crippen LogP contribution in [0.15, 0.2) is 36.7 Å². The van der Waals surface area contributed by atoms with Gasteiger partial charge in [-0.15, -0.1) is 0 Å². The fraction of sp³-hybridized carbons (Fsp3) is 0.214. The van der Waals surface area contributed by atoms with Crippen molar-refractivity contribution in [3.63, 3.8) is 0 Å². The summed E-state index contributed by atoms with van der Waals surface area (Å²) in [6.45, 7) is 0.529. The van der Waals surface area contributed by atoms with Crippen LogP contribution in [0.5, 0.6) is 0 Å². The maximum Gasteiger partial charge on any atom is 0.251 e. The van der Waals surface area contributed by atoms with E-state index in [9.17, 15) is 4.79 Å². The van der Waals surface area contributed by atoms with E-state index in [1.54, 1.807) is 30.5 Å². The van der Waals surface area contributed by atoms with Crippen LogP contribution in [0.3, 0.4) is 0 Å². The lowest BCUT2D eigenvalue weighted by molar-refractivity contribution is 0.0954. The van der Waals surface area contributed by atoms with Gasteiger partial charge in [0.2, 0.25) is 0 Å². The minimum Gasteiger partial charge on any atom is -0.389 e. The van der Waals surface area contributed by atoms with E-state index in [0.29, 0.717) is 24.1 Å². The summed E-state index contributed by atoms with van der Waals surface area (Å²) in [4.78, 5) is 16.5. The molecule has 2 aromatic rings. The van der Waals surface area contributed by atoms with Crippen molar-refractivity contribution in [3.8, 4) is 0 Å². The van der Waals surface area contributed by atoms with Gasteiger partial charge < -0.3 is 15.6 Å². The first-order chi connectivity index (χ1) is 9.58. The van der Waals surface area contributed by atoms with Crippen molar-refractivity contribution in [1.29, 1.82) is 0 Å². The first-order valence-electron chi connectivity index (χ1n) is 6.22. The van der Waals surface area contributed by atoms with E-state index >= 15 is 0 Å². The van der Waals surface area contributed by atoms with Gasteiger partial charge in [0, 0.05) is 43.5 Å². The minimum absolute atomic E-state index is 0.141. The van der Waals surface area contributed by atoms with Crippen LogP contribution in [0.2, 0.25) is 0 Å². The molecule has 5 nitrogen and oxygen atoms in total. The quantitative estimate of drug-likeness (QED) is 0.806. The van der Waals surface area contributed by atoms with Gasteiger partial charge in [0.15, 0.2) is 0 Å². The van der Waals surface area contributed by atoms with E-state index in [-0.39, 0.29) is 10.9 Å². The van der Waals surface area contributed by atoms with Crippen LogP contribution in [0.4, 0.5) is 0 Å². The van der Waals surface area contributed by atoms with E-state index in [1.807, 2.05) is 17.8 Å². The molecule has 0 spiro atoms. The van der Waals surface area contributed by atoms with Gasteiger partial charge >= 0.3 is 0 Å². The Bertz CT molecular complexity index is 636. The molecule has 0 aliphatic rings. The summed E-state index contributed by atoms with van der Waals surface area (Å²) in [5.41, 5.74) is 6.79. The minimum atomic E-state index is -0.141. The van der Waals surface area contributed by atoms with E-state index in [2.05, 4.69) is 10.3 Å². The summed E-state index contributed by atoms with van der Waals surface area (Å²) in [5.74, 6) is 0.791. The Balaban J connectivity index is 1.93. The Kier molecular flexibility index (Phi) is 4.47. The largest absolute Gasteiger partial charge is 0.389 e. The zero-order valence-electron chi connectivity index (χ0n) is 11.2. The van der Waals surface area contributed by atoms with Crippen LogP contribution in [0, 0.1) is 0 Å². The van der Waals surface area contributed by atoms with Gasteiger partial charge in [-0.25, -0.2) is 4.98 Å². The Morgan fingerprint density at radius 2 is 2.20 bits per heavy atom. The molecule has 1 heterocycles. The summed E-state index contributed by atoms with van der Waals surface area (Å²) in [7, 11) is 1.93. The molecule has 0 saturated heterocycles. The third-order valence-corrected chi connectivity index (χ3v) is 3.20. The number of carbonyl (C=O) groups is 1. The predicted molar refractivity (Wildman–Crippen MR) is 81.6 cm³/mol. The zero-order chi connectivity index (χ0) is 14.5. The lowest BCUT2D eigenvalue weighted by atomic mass is 10.1. The maximum atomic E-state index is 12.0. The molecule has 0 atom stereocenters. The average Bonchev–Trinajstić information content (AvgIpc) is 2.84. The number of hydrogen-bond donors (Lipinski definition) is 2. The average molecular weight is 288 g/mol. The Labute approximate surface area is 122 Å². The Morgan fingerprint density at radius 1 is 1.45 bits per heavy atom. The number of aryl methyl sites for hydroxylation is 1. The molecule has 0 aliphatic carbocycles. The molecule has 1 aromatic carbocycles. The van der Waals surface area contributed by atoms with Gasteiger partial charge in [0.05, 0.1) is 0 Å². The monoisotopic (exact) mass is 288 g/mol. The van der Waals surface area contributed by atoms with Crippen molar-refractivity contribution in [2.45, 2.75) is 6.42 Å². The summed E-state index contributed by atoms with van der Waals surface area (Å²) in [6, 6.07) is 6.98. The number of imidazole rings is 1. The zero-order valence-corrected chi connectivity index (χ0v) is 12.0. The topological polar surface area (TPSA) is 72.9 Å². The molecular weight excluding hydrogens is 272 g/mol. The fourth-order valence-electron chi connectivity index (χ4n) is 1.84. The summed E-state index contributed by atoms with van der Waals surface area (Å²) in [5, 5.41) is 2.85. The summed E-state index contributed by atoms with van der Waals surface area (Å²) in [6.07, 6.45) is 4.30. The van der Waals surface area contributed by atoms with Crippen molar-refractivity contribution in [3.05, 3.63) is 53.6 Å². The van der Waals surface area contributed by atoms with Gasteiger partial charge in [-0.1, -0.05) is 24.4 Å². The fourth-order valence-corrected chi connectivity index (χ4v) is 1.97. The molecule has 104 valence electrons. The molecule has 0 aliphatic heterocycles. The number of aromatic nitrogens is 2. The van der Waals surface area contributed by atoms with Crippen LogP contribution in [0.25, 0.3) is 0 Å². The number of benzene rings is 1. The molecule has 0 fully saturated rings. The second kappa shape index (κ2) is 6.29. The SMILES string of the molecule is Cn1ccnc1CCNC(=O)c1cccc(C(N)=S)c1. The molecule has 2 rings (SSSR count). The van der Waals surface area contributed by atoms with Crippen LogP contribution in [-0.2, 0) is 13.5 Å². The van der Waals surface area contributed by atoms with Gasteiger partial charge in [-0.3, -0.25) is 4.79 Å². The van der Waals surface area contributed by atoms with E-state index in [4.69, 9.17) is 18.0 Å². The molecule has 20 heavy (non-hydrogen) atoms. The van der Waals surface area contributed by atoms with Gasteiger partial charge in [-0.2, -0.15) is 0 Å². The molecular formula is C14H16N4OS. The number of rotatable bonds is 5. The van der Waals surface area contributed by atoms with Crippen LogP contribution >= 0.6 is 12.2 Å². The van der Waals surface area contributed by atoms with Crippen molar-refractivity contribution in [2.75, 3.05) is 6.54 Å². The molecule has 0 unspecified atom stereocenters. The van der Waals surface area contributed by atoms with Gasteiger partial charge in [0.1, 0.15) is 10.8 Å². The van der Waals surface area contributed by atoms with Crippen LogP contribution < -0.4 is 11.1 Å². The lowest BCUT2D eigenvalue weighted by Crippen LogP contribution is -2.26. The normalized spacial score (nSPS) is 10.2. The van der Waals surface area contributed by atoms with E-state index in [0.717, 1.165) is 5.82 Å². The summed E-state index contributed by atoms with van der Waals surface area (Å²) < 4.78 is 1.93. The van der Waals surface area contributed by atoms with E-state index < -0.39 is 0 Å². The van der Waals surface area contributed by atoms with Crippen LogP contribution in [0.1, 0.15) is 21.7 Å². The second-order valence-corrected chi connectivity index (χ2v) is 4.85. The third kappa shape index (κ3) is 3.42. The molecule has 0 bridgehead atoms. The first-order valence-corrected chi connectivity index (χ1v) is 6.63. The number of nitrogens with one attached hydrogen (secondary N) is 1. The van der Waals surface area contributed by atoms with Crippen molar-refractivity contribution >= 4 is 23.1 Å². The van der Waals surface area contributed by atoms with Gasteiger partial charge in [-0.05, 0) is 12.1 Å². The van der Waals surface area contributed by atoms with Crippen LogP contribution in [-0.4, -0.2) is 27.0 Å². The number of carbonyl (C=O) groups excluding carboxylic acids is 1. The van der Waals surface area contributed by atoms with Crippen molar-refractivity contribution < 1.29 is 4.79 Å². The van der Waals surface area contributed by atoms with Crippen molar-refractivity contribution in [1.82, 2.24) is 14.9 Å². The van der Waals surface area contributed by atoms with E-state index in [1.165, 1.54) is 0 Å². The lowest BCUT2D eigenvalue weighted by Gasteiger charge is -2.06. The third-order valence-electron chi connectivity index (χ3n) is 2.96. The number of nitrogens with two attached hydrogens (primary N) is 1. The smallest absolute Gasteiger partial charge is 0.251 e. The highest BCUT2D eigenvalue weighted by atomic mass is 32.1. The first kappa shape index (κ1) is 14.2. The Morgan fingerprint density at radius 3 is 2.85 bits per heavy atom. The summed E-state index contributed by atoms with van der Waals surface area (Å²) >= 11 is 4.90. The molecule has 1 aromatic heterocycles. The molecule has 1 amide bonds. The predicted octanol–water partition coefficient (Wildman–Crippen LogP) is 1.03. The molecule has 0 saturated carbocycles. The number of hydrogen-bond acceptors (Lipinski definition) is 3. The maximum absolute atomic E-state index is 12.0. The highest BCUT2D eigenvalue weighted by Crippen LogP contribution is 2.05. The van der Waals surface area contributed by atoms with Crippen molar-refractivity contribution in [2.24, 2.45) is 12.8 Å². The number of nitrogens with zero attached hydrogens (tertiary/aromatic N) is 2. The number of amides is 1. The molecule has 0 radical (unpaired) electrons. The Hall–Kier alpha value is -2.21. The molecule has 3 N–H and O–H groups in total. The standard InChI is InChI=1S/C14H16N4OS/c1-18-8-7-16-12(18)5-6-17-14(19)11-4-2-3-10(9-11)13(15)20/h2-4,7-9H,5-6H2,1H3,(H2,15,20)(H,17,19). The number of thiocarbonyl (C=S) groups is 1. The highest BCUT2D eigenvalue weighted by molar-refractivity contribution is 7.80. The molecule has 6 heteroatoms. The second-order valence-electron chi connectivity index (χ2n) is 4.41. The highest BCUT2D eigenvalue weighted by Gasteiger charge is 2.07. The van der Waals surface area contributed by atoms with Gasteiger partial charge in [0.25, 0.3) is 5.91 Å².